The fraction of sp³-hybridized carbons (Fsp3) is 0.217. The van der Waals surface area contributed by atoms with Gasteiger partial charge >= 0.3 is 5.51 Å². The molecular formula is C23H19F3N2O3S. The lowest BCUT2D eigenvalue weighted by Gasteiger charge is -2.39. The Kier molecular flexibility index (Phi) is 6.01. The molecule has 1 aliphatic rings. The van der Waals surface area contributed by atoms with Crippen LogP contribution in [0.4, 0.5) is 13.2 Å². The first-order valence-electron chi connectivity index (χ1n) is 9.76. The second kappa shape index (κ2) is 8.74. The number of nitrogens with one attached hydrogen (secondary N) is 1. The molecule has 2 atom stereocenters. The molecule has 0 spiro atoms. The Hall–Kier alpha value is -3.20. The number of rotatable bonds is 5. The van der Waals surface area contributed by atoms with E-state index in [1.807, 2.05) is 0 Å². The number of nitrogens with zero attached hydrogens (tertiary/aromatic N) is 1. The van der Waals surface area contributed by atoms with Crippen LogP contribution in [0.25, 0.3) is 0 Å². The minimum atomic E-state index is -4.45. The van der Waals surface area contributed by atoms with E-state index < -0.39 is 17.5 Å². The van der Waals surface area contributed by atoms with Crippen molar-refractivity contribution in [3.63, 3.8) is 0 Å². The predicted molar refractivity (Wildman–Crippen MR) is 113 cm³/mol. The Bertz CT molecular complexity index is 1130. The van der Waals surface area contributed by atoms with Crippen LogP contribution < -0.4 is 5.32 Å². The first-order valence-corrected chi connectivity index (χ1v) is 10.6. The van der Waals surface area contributed by atoms with Gasteiger partial charge in [-0.05, 0) is 53.2 Å². The molecule has 2 unspecified atom stereocenters. The van der Waals surface area contributed by atoms with Crippen LogP contribution in [-0.4, -0.2) is 29.3 Å². The van der Waals surface area contributed by atoms with E-state index in [0.717, 1.165) is 0 Å². The molecule has 32 heavy (non-hydrogen) atoms. The van der Waals surface area contributed by atoms with E-state index >= 15 is 0 Å². The second-order valence-corrected chi connectivity index (χ2v) is 8.48. The SMILES string of the molecule is CN1C(=O)c2ccccc2C(C(=O)NCc2ccco2)C1c1cccc(SC(F)(F)F)c1. The van der Waals surface area contributed by atoms with Gasteiger partial charge < -0.3 is 14.6 Å². The molecule has 1 aromatic heterocycles. The summed E-state index contributed by atoms with van der Waals surface area (Å²) >= 11 is -0.232. The van der Waals surface area contributed by atoms with Gasteiger partial charge in [0.25, 0.3) is 5.91 Å². The highest BCUT2D eigenvalue weighted by atomic mass is 32.2. The lowest BCUT2D eigenvalue weighted by molar-refractivity contribution is -0.124. The first kappa shape index (κ1) is 22.0. The minimum Gasteiger partial charge on any atom is -0.467 e. The molecule has 0 saturated carbocycles. The molecule has 4 rings (SSSR count). The lowest BCUT2D eigenvalue weighted by atomic mass is 9.79. The Morgan fingerprint density at radius 2 is 1.91 bits per heavy atom. The summed E-state index contributed by atoms with van der Waals surface area (Å²) < 4.78 is 44.0. The van der Waals surface area contributed by atoms with Crippen LogP contribution in [-0.2, 0) is 11.3 Å². The molecule has 166 valence electrons. The molecule has 0 radical (unpaired) electrons. The average molecular weight is 460 g/mol. The molecule has 5 nitrogen and oxygen atoms in total. The number of carbonyl (C=O) groups is 2. The normalized spacial score (nSPS) is 18.4. The second-order valence-electron chi connectivity index (χ2n) is 7.34. The summed E-state index contributed by atoms with van der Waals surface area (Å²) in [6.45, 7) is 0.152. The van der Waals surface area contributed by atoms with Crippen LogP contribution in [0.15, 0.2) is 76.2 Å². The summed E-state index contributed by atoms with van der Waals surface area (Å²) in [5.74, 6) is -0.899. The number of halogens is 3. The zero-order chi connectivity index (χ0) is 22.9. The van der Waals surface area contributed by atoms with Crippen molar-refractivity contribution in [2.75, 3.05) is 7.05 Å². The maximum atomic E-state index is 13.3. The summed E-state index contributed by atoms with van der Waals surface area (Å²) in [5.41, 5.74) is -3.07. The number of carbonyl (C=O) groups excluding carboxylic acids is 2. The number of likely N-dealkylation sites (N-methyl/N-ethyl adjacent to an activating group) is 1. The highest BCUT2D eigenvalue weighted by Crippen LogP contribution is 2.44. The molecule has 2 amide bonds. The highest BCUT2D eigenvalue weighted by Gasteiger charge is 2.42. The Labute approximate surface area is 186 Å². The van der Waals surface area contributed by atoms with Crippen molar-refractivity contribution in [3.05, 3.63) is 89.4 Å². The van der Waals surface area contributed by atoms with E-state index in [4.69, 9.17) is 4.42 Å². The van der Waals surface area contributed by atoms with Gasteiger partial charge in [-0.3, -0.25) is 9.59 Å². The van der Waals surface area contributed by atoms with Gasteiger partial charge in [0, 0.05) is 17.5 Å². The summed E-state index contributed by atoms with van der Waals surface area (Å²) in [5, 5.41) is 2.83. The maximum absolute atomic E-state index is 13.3. The van der Waals surface area contributed by atoms with Crippen molar-refractivity contribution in [1.82, 2.24) is 10.2 Å². The van der Waals surface area contributed by atoms with Gasteiger partial charge in [-0.1, -0.05) is 30.3 Å². The van der Waals surface area contributed by atoms with Crippen LogP contribution in [0.3, 0.4) is 0 Å². The molecular weight excluding hydrogens is 441 g/mol. The van der Waals surface area contributed by atoms with Gasteiger partial charge in [-0.2, -0.15) is 13.2 Å². The van der Waals surface area contributed by atoms with Gasteiger partial charge in [0.15, 0.2) is 0 Å². The number of fused-ring (bicyclic) bond motifs is 1. The summed E-state index contributed by atoms with van der Waals surface area (Å²) in [6.07, 6.45) is 1.50. The Morgan fingerprint density at radius 3 is 2.62 bits per heavy atom. The van der Waals surface area contributed by atoms with Crippen molar-refractivity contribution in [2.45, 2.75) is 28.9 Å². The van der Waals surface area contributed by atoms with Crippen LogP contribution in [0.1, 0.15) is 39.2 Å². The molecule has 2 heterocycles. The average Bonchev–Trinajstić information content (AvgIpc) is 3.27. The molecule has 2 aromatic carbocycles. The van der Waals surface area contributed by atoms with E-state index in [1.54, 1.807) is 49.5 Å². The van der Waals surface area contributed by atoms with Crippen molar-refractivity contribution in [3.8, 4) is 0 Å². The molecule has 0 aliphatic carbocycles. The number of furan rings is 1. The fourth-order valence-corrected chi connectivity index (χ4v) is 4.58. The zero-order valence-electron chi connectivity index (χ0n) is 16.9. The monoisotopic (exact) mass is 460 g/mol. The van der Waals surface area contributed by atoms with Crippen LogP contribution in [0.5, 0.6) is 0 Å². The number of benzene rings is 2. The van der Waals surface area contributed by atoms with E-state index in [2.05, 4.69) is 5.32 Å². The van der Waals surface area contributed by atoms with E-state index in [-0.39, 0.29) is 35.0 Å². The minimum absolute atomic E-state index is 0.00977. The lowest BCUT2D eigenvalue weighted by Crippen LogP contribution is -2.45. The van der Waals surface area contributed by atoms with Crippen molar-refractivity contribution in [2.24, 2.45) is 0 Å². The number of amides is 2. The molecule has 0 saturated heterocycles. The Balaban J connectivity index is 1.74. The largest absolute Gasteiger partial charge is 0.467 e. The number of thioether (sulfide) groups is 1. The highest BCUT2D eigenvalue weighted by molar-refractivity contribution is 8.00. The van der Waals surface area contributed by atoms with Crippen molar-refractivity contribution >= 4 is 23.6 Å². The summed E-state index contributed by atoms with van der Waals surface area (Å²) in [4.78, 5) is 27.8. The first-order chi connectivity index (χ1) is 15.2. The maximum Gasteiger partial charge on any atom is 0.446 e. The van der Waals surface area contributed by atoms with Crippen molar-refractivity contribution in [1.29, 1.82) is 0 Å². The molecule has 1 N–H and O–H groups in total. The van der Waals surface area contributed by atoms with E-state index in [1.165, 1.54) is 29.4 Å². The molecule has 1 aliphatic heterocycles. The zero-order valence-corrected chi connectivity index (χ0v) is 17.7. The standard InChI is InChI=1S/C23H19F3N2O3S/c1-28-20(14-6-4-8-16(12-14)32-23(24,25)26)19(17-9-2-3-10-18(17)22(28)30)21(29)27-13-15-7-5-11-31-15/h2-12,19-20H,13H2,1H3,(H,27,29). The number of alkyl halides is 3. The third kappa shape index (κ3) is 4.52. The summed E-state index contributed by atoms with van der Waals surface area (Å²) in [7, 11) is 1.55. The van der Waals surface area contributed by atoms with Gasteiger partial charge in [-0.25, -0.2) is 0 Å². The molecule has 9 heteroatoms. The third-order valence-electron chi connectivity index (χ3n) is 5.31. The van der Waals surface area contributed by atoms with E-state index in [0.29, 0.717) is 22.5 Å². The quantitative estimate of drug-likeness (QED) is 0.537. The van der Waals surface area contributed by atoms with Gasteiger partial charge in [0.1, 0.15) is 5.76 Å². The summed E-state index contributed by atoms with van der Waals surface area (Å²) in [6, 6.07) is 15.3. The van der Waals surface area contributed by atoms with E-state index in [9.17, 15) is 22.8 Å². The predicted octanol–water partition coefficient (Wildman–Crippen LogP) is 5.12. The van der Waals surface area contributed by atoms with Crippen LogP contribution >= 0.6 is 11.8 Å². The molecule has 0 fully saturated rings. The topological polar surface area (TPSA) is 62.6 Å². The van der Waals surface area contributed by atoms with Crippen LogP contribution in [0.2, 0.25) is 0 Å². The smallest absolute Gasteiger partial charge is 0.446 e. The third-order valence-corrected chi connectivity index (χ3v) is 6.03. The van der Waals surface area contributed by atoms with Crippen LogP contribution in [0, 0.1) is 0 Å². The Morgan fingerprint density at radius 1 is 1.12 bits per heavy atom. The van der Waals surface area contributed by atoms with Gasteiger partial charge in [0.2, 0.25) is 5.91 Å². The van der Waals surface area contributed by atoms with Gasteiger partial charge in [-0.15, -0.1) is 0 Å². The molecule has 3 aromatic rings. The molecule has 0 bridgehead atoms. The fourth-order valence-electron chi connectivity index (χ4n) is 3.97. The number of hydrogen-bond acceptors (Lipinski definition) is 4. The number of hydrogen-bond donors (Lipinski definition) is 1. The van der Waals surface area contributed by atoms with Crippen molar-refractivity contribution < 1.29 is 27.2 Å². The van der Waals surface area contributed by atoms with Gasteiger partial charge in [0.05, 0.1) is 24.8 Å².